The molecule has 148 valence electrons. The van der Waals surface area contributed by atoms with E-state index in [1.807, 2.05) is 19.1 Å². The van der Waals surface area contributed by atoms with Crippen LogP contribution in [0.2, 0.25) is 0 Å². The Bertz CT molecular complexity index is 549. The lowest BCUT2D eigenvalue weighted by Gasteiger charge is -2.34. The Labute approximate surface area is 167 Å². The molecular formula is C17H28Cl2N4O3. The smallest absolute Gasteiger partial charge is 0.242 e. The topological polar surface area (TPSA) is 87.9 Å². The van der Waals surface area contributed by atoms with Gasteiger partial charge < -0.3 is 20.7 Å². The van der Waals surface area contributed by atoms with Crippen molar-refractivity contribution in [1.82, 2.24) is 15.1 Å². The quantitative estimate of drug-likeness (QED) is 0.693. The van der Waals surface area contributed by atoms with Gasteiger partial charge in [0.2, 0.25) is 11.8 Å². The van der Waals surface area contributed by atoms with Crippen LogP contribution in [0.3, 0.4) is 0 Å². The van der Waals surface area contributed by atoms with E-state index in [9.17, 15) is 9.59 Å². The van der Waals surface area contributed by atoms with Crippen LogP contribution < -0.4 is 15.8 Å². The molecule has 0 spiro atoms. The van der Waals surface area contributed by atoms with Crippen molar-refractivity contribution in [3.05, 3.63) is 29.8 Å². The molecule has 0 saturated carbocycles. The van der Waals surface area contributed by atoms with Gasteiger partial charge in [0.15, 0.2) is 0 Å². The highest BCUT2D eigenvalue weighted by molar-refractivity contribution is 5.86. The lowest BCUT2D eigenvalue weighted by Crippen LogP contribution is -2.51. The number of amides is 2. The highest BCUT2D eigenvalue weighted by Crippen LogP contribution is 2.14. The Kier molecular flexibility index (Phi) is 12.0. The second-order valence-electron chi connectivity index (χ2n) is 5.71. The SMILES string of the molecule is CCOc1ccc(CN2CCN(C(=O)CNC(=O)CN)CC2)cc1.Cl.Cl. The summed E-state index contributed by atoms with van der Waals surface area (Å²) in [4.78, 5) is 27.2. The predicted octanol–water partition coefficient (Wildman–Crippen LogP) is 0.648. The number of nitrogens with one attached hydrogen (secondary N) is 1. The van der Waals surface area contributed by atoms with Crippen LogP contribution >= 0.6 is 24.8 Å². The number of benzene rings is 1. The van der Waals surface area contributed by atoms with Crippen molar-refractivity contribution in [2.24, 2.45) is 5.73 Å². The van der Waals surface area contributed by atoms with Gasteiger partial charge in [0.25, 0.3) is 0 Å². The van der Waals surface area contributed by atoms with Crippen LogP contribution in [0.15, 0.2) is 24.3 Å². The van der Waals surface area contributed by atoms with Gasteiger partial charge in [-0.2, -0.15) is 0 Å². The van der Waals surface area contributed by atoms with Crippen LogP contribution in [0.5, 0.6) is 5.75 Å². The van der Waals surface area contributed by atoms with Crippen molar-refractivity contribution >= 4 is 36.6 Å². The molecule has 1 aromatic carbocycles. The van der Waals surface area contributed by atoms with Crippen molar-refractivity contribution in [2.45, 2.75) is 13.5 Å². The van der Waals surface area contributed by atoms with E-state index in [-0.39, 0.29) is 49.7 Å². The monoisotopic (exact) mass is 406 g/mol. The third-order valence-electron chi connectivity index (χ3n) is 3.99. The molecule has 0 aliphatic carbocycles. The molecule has 1 saturated heterocycles. The van der Waals surface area contributed by atoms with Gasteiger partial charge in [0.05, 0.1) is 19.7 Å². The number of piperazine rings is 1. The zero-order valence-electron chi connectivity index (χ0n) is 15.0. The molecule has 1 heterocycles. The molecule has 0 unspecified atom stereocenters. The van der Waals surface area contributed by atoms with Crippen molar-refractivity contribution in [2.75, 3.05) is 45.9 Å². The van der Waals surface area contributed by atoms with Gasteiger partial charge in [-0.3, -0.25) is 14.5 Å². The first-order chi connectivity index (χ1) is 11.6. The van der Waals surface area contributed by atoms with Crippen LogP contribution in [0.4, 0.5) is 0 Å². The fourth-order valence-electron chi connectivity index (χ4n) is 2.63. The van der Waals surface area contributed by atoms with Gasteiger partial charge in [-0.25, -0.2) is 0 Å². The summed E-state index contributed by atoms with van der Waals surface area (Å²) in [6, 6.07) is 8.12. The first-order valence-corrected chi connectivity index (χ1v) is 8.31. The van der Waals surface area contributed by atoms with Gasteiger partial charge >= 0.3 is 0 Å². The summed E-state index contributed by atoms with van der Waals surface area (Å²) in [7, 11) is 0. The summed E-state index contributed by atoms with van der Waals surface area (Å²) in [6.45, 7) is 6.42. The number of nitrogens with two attached hydrogens (primary N) is 1. The number of halogens is 2. The highest BCUT2D eigenvalue weighted by atomic mass is 35.5. The lowest BCUT2D eigenvalue weighted by molar-refractivity contribution is -0.134. The number of hydrogen-bond donors (Lipinski definition) is 2. The average molecular weight is 407 g/mol. The van der Waals surface area contributed by atoms with Crippen LogP contribution in [0.1, 0.15) is 12.5 Å². The fourth-order valence-corrected chi connectivity index (χ4v) is 2.63. The molecule has 2 amide bonds. The van der Waals surface area contributed by atoms with E-state index in [4.69, 9.17) is 10.5 Å². The van der Waals surface area contributed by atoms with Crippen LogP contribution in [0, 0.1) is 0 Å². The molecule has 3 N–H and O–H groups in total. The maximum atomic E-state index is 12.0. The lowest BCUT2D eigenvalue weighted by atomic mass is 10.2. The Balaban J connectivity index is 0.00000312. The molecule has 0 bridgehead atoms. The minimum atomic E-state index is -0.308. The van der Waals surface area contributed by atoms with Crippen LogP contribution in [-0.4, -0.2) is 67.5 Å². The third kappa shape index (κ3) is 7.78. The van der Waals surface area contributed by atoms with Crippen molar-refractivity contribution in [3.63, 3.8) is 0 Å². The number of ether oxygens (including phenoxy) is 1. The Morgan fingerprint density at radius 3 is 2.27 bits per heavy atom. The molecule has 2 rings (SSSR count). The largest absolute Gasteiger partial charge is 0.494 e. The minimum Gasteiger partial charge on any atom is -0.494 e. The molecule has 1 aliphatic rings. The molecule has 1 aromatic rings. The number of carbonyl (C=O) groups excluding carboxylic acids is 2. The van der Waals surface area contributed by atoms with Gasteiger partial charge in [0.1, 0.15) is 5.75 Å². The van der Waals surface area contributed by atoms with E-state index < -0.39 is 0 Å². The highest BCUT2D eigenvalue weighted by Gasteiger charge is 2.21. The molecule has 26 heavy (non-hydrogen) atoms. The Morgan fingerprint density at radius 1 is 1.12 bits per heavy atom. The molecule has 1 fully saturated rings. The third-order valence-corrected chi connectivity index (χ3v) is 3.99. The molecule has 9 heteroatoms. The fraction of sp³-hybridized carbons (Fsp3) is 0.529. The van der Waals surface area contributed by atoms with Crippen molar-refractivity contribution < 1.29 is 14.3 Å². The summed E-state index contributed by atoms with van der Waals surface area (Å²) in [6.07, 6.45) is 0. The van der Waals surface area contributed by atoms with E-state index in [0.717, 1.165) is 25.4 Å². The number of carbonyl (C=O) groups is 2. The van der Waals surface area contributed by atoms with E-state index in [1.54, 1.807) is 4.90 Å². The van der Waals surface area contributed by atoms with Crippen molar-refractivity contribution in [1.29, 1.82) is 0 Å². The maximum absolute atomic E-state index is 12.0. The average Bonchev–Trinajstić information content (AvgIpc) is 2.62. The molecule has 1 aliphatic heterocycles. The number of rotatable bonds is 7. The van der Waals surface area contributed by atoms with Gasteiger partial charge in [-0.05, 0) is 24.6 Å². The van der Waals surface area contributed by atoms with Gasteiger partial charge in [-0.1, -0.05) is 12.1 Å². The predicted molar refractivity (Wildman–Crippen MR) is 106 cm³/mol. The maximum Gasteiger partial charge on any atom is 0.242 e. The second kappa shape index (κ2) is 12.8. The van der Waals surface area contributed by atoms with E-state index >= 15 is 0 Å². The standard InChI is InChI=1S/C17H26N4O3.2ClH/c1-2-24-15-5-3-14(4-6-15)13-20-7-9-21(10-8-20)17(23)12-19-16(22)11-18;;/h3-6H,2,7-13,18H2,1H3,(H,19,22);2*1H. The Morgan fingerprint density at radius 2 is 1.73 bits per heavy atom. The van der Waals surface area contributed by atoms with E-state index in [0.29, 0.717) is 19.7 Å². The summed E-state index contributed by atoms with van der Waals surface area (Å²) < 4.78 is 5.44. The van der Waals surface area contributed by atoms with E-state index in [1.165, 1.54) is 5.56 Å². The molecule has 0 atom stereocenters. The normalized spacial score (nSPS) is 14.0. The zero-order chi connectivity index (χ0) is 17.4. The summed E-state index contributed by atoms with van der Waals surface area (Å²) in [5.41, 5.74) is 6.43. The molecule has 7 nitrogen and oxygen atoms in total. The molecule has 0 aromatic heterocycles. The molecular weight excluding hydrogens is 379 g/mol. The van der Waals surface area contributed by atoms with Gasteiger partial charge in [-0.15, -0.1) is 24.8 Å². The number of hydrogen-bond acceptors (Lipinski definition) is 5. The second-order valence-corrected chi connectivity index (χ2v) is 5.71. The molecule has 0 radical (unpaired) electrons. The zero-order valence-corrected chi connectivity index (χ0v) is 16.6. The summed E-state index contributed by atoms with van der Waals surface area (Å²) >= 11 is 0. The summed E-state index contributed by atoms with van der Waals surface area (Å²) in [5, 5.41) is 2.52. The number of nitrogens with zero attached hydrogens (tertiary/aromatic N) is 2. The summed E-state index contributed by atoms with van der Waals surface area (Å²) in [5.74, 6) is 0.520. The minimum absolute atomic E-state index is 0. The van der Waals surface area contributed by atoms with Crippen LogP contribution in [-0.2, 0) is 16.1 Å². The van der Waals surface area contributed by atoms with Crippen LogP contribution in [0.25, 0.3) is 0 Å². The first-order valence-electron chi connectivity index (χ1n) is 8.31. The Hall–Kier alpha value is -1.54. The first kappa shape index (κ1) is 24.5. The van der Waals surface area contributed by atoms with Crippen molar-refractivity contribution in [3.8, 4) is 5.75 Å². The van der Waals surface area contributed by atoms with E-state index in [2.05, 4.69) is 22.3 Å². The van der Waals surface area contributed by atoms with Gasteiger partial charge in [0, 0.05) is 32.7 Å².